The van der Waals surface area contributed by atoms with Gasteiger partial charge in [0, 0.05) is 51.9 Å². The maximum absolute atomic E-state index is 6.13. The van der Waals surface area contributed by atoms with Crippen LogP contribution in [0.5, 0.6) is 0 Å². The Morgan fingerprint density at radius 2 is 2.25 bits per heavy atom. The summed E-state index contributed by atoms with van der Waals surface area (Å²) in [5.41, 5.74) is 0.989. The zero-order chi connectivity index (χ0) is 13.8. The summed E-state index contributed by atoms with van der Waals surface area (Å²) in [4.78, 5) is 10.9. The van der Waals surface area contributed by atoms with Crippen LogP contribution in [0.2, 0.25) is 0 Å². The molecule has 1 atom stereocenters. The lowest BCUT2D eigenvalue weighted by Crippen LogP contribution is -2.55. The number of methoxy groups -OCH3 is 1. The van der Waals surface area contributed by atoms with Crippen LogP contribution in [0.1, 0.15) is 31.4 Å². The lowest BCUT2D eigenvalue weighted by Gasteiger charge is -2.48. The molecule has 3 rings (SSSR count). The van der Waals surface area contributed by atoms with E-state index in [1.165, 1.54) is 0 Å². The second-order valence-corrected chi connectivity index (χ2v) is 5.75. The maximum Gasteiger partial charge on any atom is 0.0967 e. The smallest absolute Gasteiger partial charge is 0.0967 e. The highest BCUT2D eigenvalue weighted by Gasteiger charge is 2.44. The second kappa shape index (κ2) is 6.16. The number of aromatic nitrogens is 2. The van der Waals surface area contributed by atoms with Gasteiger partial charge in [-0.05, 0) is 25.7 Å². The molecular weight excluding hydrogens is 254 g/mol. The monoisotopic (exact) mass is 277 g/mol. The summed E-state index contributed by atoms with van der Waals surface area (Å²) in [6.07, 6.45) is 9.91. The summed E-state index contributed by atoms with van der Waals surface area (Å²) >= 11 is 0. The molecule has 3 heterocycles. The van der Waals surface area contributed by atoms with E-state index in [2.05, 4.69) is 14.9 Å². The molecule has 1 aromatic heterocycles. The molecule has 0 aromatic carbocycles. The molecule has 1 spiro atoms. The van der Waals surface area contributed by atoms with Crippen LogP contribution in [0.25, 0.3) is 0 Å². The highest BCUT2D eigenvalue weighted by molar-refractivity contribution is 4.99. The van der Waals surface area contributed by atoms with Crippen molar-refractivity contribution in [2.24, 2.45) is 0 Å². The first-order chi connectivity index (χ1) is 9.82. The van der Waals surface area contributed by atoms with Crippen LogP contribution in [0, 0.1) is 0 Å². The zero-order valence-corrected chi connectivity index (χ0v) is 12.1. The van der Waals surface area contributed by atoms with Crippen LogP contribution in [-0.2, 0) is 16.0 Å². The van der Waals surface area contributed by atoms with Crippen molar-refractivity contribution < 1.29 is 9.47 Å². The third-order valence-electron chi connectivity index (χ3n) is 4.58. The van der Waals surface area contributed by atoms with Gasteiger partial charge in [0.05, 0.1) is 17.4 Å². The number of nitrogens with zero attached hydrogens (tertiary/aromatic N) is 3. The van der Waals surface area contributed by atoms with Crippen molar-refractivity contribution in [2.75, 3.05) is 26.8 Å². The predicted octanol–water partition coefficient (Wildman–Crippen LogP) is 1.64. The van der Waals surface area contributed by atoms with Crippen molar-refractivity contribution in [3.05, 3.63) is 24.3 Å². The van der Waals surface area contributed by atoms with E-state index in [-0.39, 0.29) is 11.7 Å². The standard InChI is InChI=1S/C15H23N3O2/c1-19-14-3-2-10-20-15(14)4-8-18(9-5-15)12-13-11-16-6-7-17-13/h6-7,11,14H,2-5,8-10,12H2,1H3. The lowest BCUT2D eigenvalue weighted by molar-refractivity contribution is -0.186. The largest absolute Gasteiger partial charge is 0.378 e. The van der Waals surface area contributed by atoms with Gasteiger partial charge in [-0.15, -0.1) is 0 Å². The average Bonchev–Trinajstić information content (AvgIpc) is 2.51. The van der Waals surface area contributed by atoms with Crippen LogP contribution < -0.4 is 0 Å². The van der Waals surface area contributed by atoms with Gasteiger partial charge in [0.15, 0.2) is 0 Å². The van der Waals surface area contributed by atoms with Gasteiger partial charge in [0.2, 0.25) is 0 Å². The first kappa shape index (κ1) is 13.9. The van der Waals surface area contributed by atoms with E-state index in [0.29, 0.717) is 0 Å². The van der Waals surface area contributed by atoms with E-state index in [1.807, 2.05) is 13.3 Å². The Balaban J connectivity index is 1.58. The molecule has 2 fully saturated rings. The van der Waals surface area contributed by atoms with Gasteiger partial charge in [-0.2, -0.15) is 0 Å². The number of hydrogen-bond acceptors (Lipinski definition) is 5. The van der Waals surface area contributed by atoms with E-state index in [0.717, 1.165) is 57.6 Å². The van der Waals surface area contributed by atoms with Gasteiger partial charge in [0.25, 0.3) is 0 Å². The van der Waals surface area contributed by atoms with Crippen molar-refractivity contribution in [3.63, 3.8) is 0 Å². The van der Waals surface area contributed by atoms with Crippen LogP contribution >= 0.6 is 0 Å². The van der Waals surface area contributed by atoms with Gasteiger partial charge in [-0.25, -0.2) is 0 Å². The minimum Gasteiger partial charge on any atom is -0.378 e. The van der Waals surface area contributed by atoms with Gasteiger partial charge < -0.3 is 9.47 Å². The Labute approximate surface area is 120 Å². The fourth-order valence-corrected chi connectivity index (χ4v) is 3.43. The van der Waals surface area contributed by atoms with E-state index in [1.54, 1.807) is 12.4 Å². The van der Waals surface area contributed by atoms with Crippen molar-refractivity contribution in [2.45, 2.75) is 43.9 Å². The molecular formula is C15H23N3O2. The van der Waals surface area contributed by atoms with Gasteiger partial charge in [-0.3, -0.25) is 14.9 Å². The number of rotatable bonds is 3. The van der Waals surface area contributed by atoms with Crippen LogP contribution in [0.3, 0.4) is 0 Å². The Morgan fingerprint density at radius 3 is 2.95 bits per heavy atom. The van der Waals surface area contributed by atoms with E-state index >= 15 is 0 Å². The number of likely N-dealkylation sites (tertiary alicyclic amines) is 1. The number of hydrogen-bond donors (Lipinski definition) is 0. The summed E-state index contributed by atoms with van der Waals surface area (Å²) in [5, 5.41) is 0. The molecule has 110 valence electrons. The molecule has 2 aliphatic heterocycles. The number of ether oxygens (including phenoxy) is 2. The maximum atomic E-state index is 6.13. The summed E-state index contributed by atoms with van der Waals surface area (Å²) in [5.74, 6) is 0. The van der Waals surface area contributed by atoms with Crippen molar-refractivity contribution >= 4 is 0 Å². The topological polar surface area (TPSA) is 47.5 Å². The predicted molar refractivity (Wildman–Crippen MR) is 75.3 cm³/mol. The van der Waals surface area contributed by atoms with Gasteiger partial charge >= 0.3 is 0 Å². The van der Waals surface area contributed by atoms with E-state index < -0.39 is 0 Å². The fraction of sp³-hybridized carbons (Fsp3) is 0.733. The van der Waals surface area contributed by atoms with Crippen LogP contribution in [-0.4, -0.2) is 53.4 Å². The zero-order valence-electron chi connectivity index (χ0n) is 12.1. The summed E-state index contributed by atoms with van der Waals surface area (Å²) in [6, 6.07) is 0. The molecule has 0 amide bonds. The van der Waals surface area contributed by atoms with Crippen LogP contribution in [0.15, 0.2) is 18.6 Å². The molecule has 5 nitrogen and oxygen atoms in total. The lowest BCUT2D eigenvalue weighted by atomic mass is 9.82. The molecule has 0 bridgehead atoms. The highest BCUT2D eigenvalue weighted by Crippen LogP contribution is 2.36. The Bertz CT molecular complexity index is 418. The minimum atomic E-state index is -0.0497. The summed E-state index contributed by atoms with van der Waals surface area (Å²) < 4.78 is 11.8. The molecule has 2 saturated heterocycles. The average molecular weight is 277 g/mol. The minimum absolute atomic E-state index is 0.0497. The summed E-state index contributed by atoms with van der Waals surface area (Å²) in [7, 11) is 1.81. The van der Waals surface area contributed by atoms with E-state index in [9.17, 15) is 0 Å². The summed E-state index contributed by atoms with van der Waals surface area (Å²) in [6.45, 7) is 3.83. The quantitative estimate of drug-likeness (QED) is 0.840. The molecule has 2 aliphatic rings. The van der Waals surface area contributed by atoms with Gasteiger partial charge in [0.1, 0.15) is 0 Å². The Kier molecular flexibility index (Phi) is 4.29. The van der Waals surface area contributed by atoms with Gasteiger partial charge in [-0.1, -0.05) is 0 Å². The molecule has 20 heavy (non-hydrogen) atoms. The first-order valence-electron chi connectivity index (χ1n) is 7.46. The SMILES string of the molecule is COC1CCCOC12CCN(Cc1cnccn1)CC2. The molecule has 0 saturated carbocycles. The molecule has 0 radical (unpaired) electrons. The first-order valence-corrected chi connectivity index (χ1v) is 7.46. The third kappa shape index (κ3) is 2.85. The van der Waals surface area contributed by atoms with Crippen molar-refractivity contribution in [3.8, 4) is 0 Å². The fourth-order valence-electron chi connectivity index (χ4n) is 3.43. The Morgan fingerprint density at radius 1 is 1.40 bits per heavy atom. The molecule has 1 unspecified atom stereocenters. The number of piperidine rings is 1. The normalized spacial score (nSPS) is 26.8. The molecule has 0 aliphatic carbocycles. The molecule has 5 heteroatoms. The molecule has 1 aromatic rings. The molecule has 0 N–H and O–H groups in total. The second-order valence-electron chi connectivity index (χ2n) is 5.75. The van der Waals surface area contributed by atoms with E-state index in [4.69, 9.17) is 9.47 Å². The van der Waals surface area contributed by atoms with Crippen LogP contribution in [0.4, 0.5) is 0 Å². The highest BCUT2D eigenvalue weighted by atomic mass is 16.5. The van der Waals surface area contributed by atoms with Crippen molar-refractivity contribution in [1.29, 1.82) is 0 Å². The third-order valence-corrected chi connectivity index (χ3v) is 4.58. The van der Waals surface area contributed by atoms with Crippen molar-refractivity contribution in [1.82, 2.24) is 14.9 Å². The Hall–Kier alpha value is -1.04.